The number of carbonyl (C=O) groups is 2. The summed E-state index contributed by atoms with van der Waals surface area (Å²) in [6.45, 7) is 4.52. The molecular weight excluding hydrogens is 364 g/mol. The van der Waals surface area contributed by atoms with Gasteiger partial charge < -0.3 is 20.4 Å². The van der Waals surface area contributed by atoms with Gasteiger partial charge in [0.2, 0.25) is 5.91 Å². The van der Waals surface area contributed by atoms with Crippen LogP contribution in [0, 0.1) is 0 Å². The maximum atomic E-state index is 12.6. The Hall–Kier alpha value is -2.73. The Bertz CT molecular complexity index is 792. The van der Waals surface area contributed by atoms with Crippen molar-refractivity contribution in [2.75, 3.05) is 36.4 Å². The van der Waals surface area contributed by atoms with Crippen molar-refractivity contribution in [3.8, 4) is 0 Å². The molecule has 1 aliphatic heterocycles. The van der Waals surface area contributed by atoms with Gasteiger partial charge in [0, 0.05) is 42.6 Å². The van der Waals surface area contributed by atoms with Crippen molar-refractivity contribution in [3.05, 3.63) is 59.6 Å². The summed E-state index contributed by atoms with van der Waals surface area (Å²) in [5.41, 5.74) is 1.74. The van der Waals surface area contributed by atoms with E-state index in [4.69, 9.17) is 11.6 Å². The summed E-state index contributed by atoms with van der Waals surface area (Å²) in [6.07, 6.45) is 0. The van der Waals surface area contributed by atoms with Crippen molar-refractivity contribution < 1.29 is 9.59 Å². The average Bonchev–Trinajstić information content (AvgIpc) is 2.68. The second kappa shape index (κ2) is 8.77. The molecule has 3 amide bonds. The topological polar surface area (TPSA) is 64.7 Å². The number of rotatable bonds is 4. The number of benzene rings is 2. The van der Waals surface area contributed by atoms with Crippen LogP contribution in [0.1, 0.15) is 6.92 Å². The molecule has 0 unspecified atom stereocenters. The lowest BCUT2D eigenvalue weighted by Gasteiger charge is -2.37. The van der Waals surface area contributed by atoms with E-state index < -0.39 is 12.1 Å². The molecule has 0 aromatic heterocycles. The quantitative estimate of drug-likeness (QED) is 0.848. The fourth-order valence-electron chi connectivity index (χ4n) is 3.09. The fraction of sp³-hybridized carbons (Fsp3) is 0.300. The first-order chi connectivity index (χ1) is 13.0. The maximum Gasteiger partial charge on any atom is 0.319 e. The Labute approximate surface area is 164 Å². The Morgan fingerprint density at radius 2 is 1.70 bits per heavy atom. The predicted molar refractivity (Wildman–Crippen MR) is 108 cm³/mol. The van der Waals surface area contributed by atoms with Gasteiger partial charge in [0.1, 0.15) is 6.04 Å². The minimum Gasteiger partial charge on any atom is -0.368 e. The molecular formula is C20H23ClN4O2. The summed E-state index contributed by atoms with van der Waals surface area (Å²) in [6, 6.07) is 16.0. The lowest BCUT2D eigenvalue weighted by molar-refractivity contribution is -0.133. The Kier molecular flexibility index (Phi) is 6.19. The molecule has 2 N–H and O–H groups in total. The maximum absolute atomic E-state index is 12.6. The number of nitrogens with zero attached hydrogens (tertiary/aromatic N) is 2. The molecule has 1 saturated heterocycles. The van der Waals surface area contributed by atoms with E-state index in [1.807, 2.05) is 18.2 Å². The number of amides is 3. The van der Waals surface area contributed by atoms with Gasteiger partial charge in [0.05, 0.1) is 0 Å². The summed E-state index contributed by atoms with van der Waals surface area (Å²) < 4.78 is 0. The molecule has 2 aromatic carbocycles. The highest BCUT2D eigenvalue weighted by Crippen LogP contribution is 2.16. The third-order valence-corrected chi connectivity index (χ3v) is 4.75. The van der Waals surface area contributed by atoms with Crippen LogP contribution in [0.5, 0.6) is 0 Å². The van der Waals surface area contributed by atoms with E-state index in [0.717, 1.165) is 18.8 Å². The second-order valence-corrected chi connectivity index (χ2v) is 6.91. The van der Waals surface area contributed by atoms with Crippen LogP contribution in [-0.2, 0) is 4.79 Å². The number of carbonyl (C=O) groups excluding carboxylic acids is 2. The van der Waals surface area contributed by atoms with Crippen LogP contribution in [0.15, 0.2) is 54.6 Å². The van der Waals surface area contributed by atoms with Crippen LogP contribution in [-0.4, -0.2) is 49.1 Å². The molecule has 7 heteroatoms. The fourth-order valence-corrected chi connectivity index (χ4v) is 3.28. The lowest BCUT2D eigenvalue weighted by atomic mass is 10.2. The largest absolute Gasteiger partial charge is 0.368 e. The van der Waals surface area contributed by atoms with Crippen molar-refractivity contribution in [3.63, 3.8) is 0 Å². The molecule has 3 rings (SSSR count). The minimum atomic E-state index is -0.604. The zero-order chi connectivity index (χ0) is 19.2. The molecule has 0 radical (unpaired) electrons. The minimum absolute atomic E-state index is 0.0797. The molecule has 1 heterocycles. The third-order valence-electron chi connectivity index (χ3n) is 4.51. The summed E-state index contributed by atoms with van der Waals surface area (Å²) in [4.78, 5) is 28.8. The van der Waals surface area contributed by atoms with Crippen molar-refractivity contribution in [2.24, 2.45) is 0 Å². The first-order valence-corrected chi connectivity index (χ1v) is 9.32. The molecule has 0 aliphatic carbocycles. The SMILES string of the molecule is C[C@@H](NC(=O)Nc1cccc(Cl)c1)C(=O)N1CCN(c2ccccc2)CC1. The zero-order valence-corrected chi connectivity index (χ0v) is 15.9. The van der Waals surface area contributed by atoms with Crippen molar-refractivity contribution in [2.45, 2.75) is 13.0 Å². The highest BCUT2D eigenvalue weighted by Gasteiger charge is 2.26. The van der Waals surface area contributed by atoms with E-state index in [0.29, 0.717) is 23.8 Å². The highest BCUT2D eigenvalue weighted by atomic mass is 35.5. The standard InChI is InChI=1S/C20H23ClN4O2/c1-15(22-20(27)23-17-7-5-6-16(21)14-17)19(26)25-12-10-24(11-13-25)18-8-3-2-4-9-18/h2-9,14-15H,10-13H2,1H3,(H2,22,23,27)/t15-/m1/s1. The number of urea groups is 1. The normalized spacial score (nSPS) is 15.2. The summed E-state index contributed by atoms with van der Waals surface area (Å²) in [5, 5.41) is 5.91. The number of halogens is 1. The van der Waals surface area contributed by atoms with Gasteiger partial charge in [-0.05, 0) is 37.3 Å². The molecule has 1 fully saturated rings. The Morgan fingerprint density at radius 1 is 1.00 bits per heavy atom. The van der Waals surface area contributed by atoms with E-state index >= 15 is 0 Å². The van der Waals surface area contributed by atoms with Gasteiger partial charge in [-0.2, -0.15) is 0 Å². The summed E-state index contributed by atoms with van der Waals surface area (Å²) in [7, 11) is 0. The van der Waals surface area contributed by atoms with Crippen LogP contribution in [0.4, 0.5) is 16.2 Å². The Morgan fingerprint density at radius 3 is 2.37 bits per heavy atom. The number of anilines is 2. The molecule has 27 heavy (non-hydrogen) atoms. The van der Waals surface area contributed by atoms with Crippen LogP contribution < -0.4 is 15.5 Å². The van der Waals surface area contributed by atoms with Gasteiger partial charge >= 0.3 is 6.03 Å². The van der Waals surface area contributed by atoms with Crippen LogP contribution in [0.3, 0.4) is 0 Å². The molecule has 6 nitrogen and oxygen atoms in total. The zero-order valence-electron chi connectivity index (χ0n) is 15.2. The molecule has 142 valence electrons. The smallest absolute Gasteiger partial charge is 0.319 e. The molecule has 0 saturated carbocycles. The van der Waals surface area contributed by atoms with Gasteiger partial charge in [0.25, 0.3) is 0 Å². The molecule has 1 aliphatic rings. The van der Waals surface area contributed by atoms with E-state index in [1.165, 1.54) is 0 Å². The van der Waals surface area contributed by atoms with Crippen molar-refractivity contribution in [1.29, 1.82) is 0 Å². The molecule has 1 atom stereocenters. The van der Waals surface area contributed by atoms with Crippen LogP contribution >= 0.6 is 11.6 Å². The lowest BCUT2D eigenvalue weighted by Crippen LogP contribution is -2.54. The number of nitrogens with one attached hydrogen (secondary N) is 2. The summed E-state index contributed by atoms with van der Waals surface area (Å²) in [5.74, 6) is -0.0797. The van der Waals surface area contributed by atoms with Crippen molar-refractivity contribution >= 4 is 34.9 Å². The molecule has 0 spiro atoms. The number of hydrogen-bond donors (Lipinski definition) is 2. The van der Waals surface area contributed by atoms with E-state index in [1.54, 1.807) is 36.1 Å². The molecule has 2 aromatic rings. The van der Waals surface area contributed by atoms with E-state index in [2.05, 4.69) is 27.7 Å². The van der Waals surface area contributed by atoms with Gasteiger partial charge in [-0.25, -0.2) is 4.79 Å². The number of para-hydroxylation sites is 1. The first-order valence-electron chi connectivity index (χ1n) is 8.95. The second-order valence-electron chi connectivity index (χ2n) is 6.48. The van der Waals surface area contributed by atoms with Crippen LogP contribution in [0.25, 0.3) is 0 Å². The van der Waals surface area contributed by atoms with Gasteiger partial charge in [-0.3, -0.25) is 4.79 Å². The average molecular weight is 387 g/mol. The monoisotopic (exact) mass is 386 g/mol. The van der Waals surface area contributed by atoms with Crippen molar-refractivity contribution in [1.82, 2.24) is 10.2 Å². The Balaban J connectivity index is 1.48. The predicted octanol–water partition coefficient (Wildman–Crippen LogP) is 3.20. The van der Waals surface area contributed by atoms with E-state index in [9.17, 15) is 9.59 Å². The number of piperazine rings is 1. The highest BCUT2D eigenvalue weighted by molar-refractivity contribution is 6.30. The van der Waals surface area contributed by atoms with Gasteiger partial charge in [0.15, 0.2) is 0 Å². The first kappa shape index (κ1) is 19.0. The number of hydrogen-bond acceptors (Lipinski definition) is 3. The summed E-state index contributed by atoms with van der Waals surface area (Å²) >= 11 is 5.91. The van der Waals surface area contributed by atoms with Gasteiger partial charge in [-0.1, -0.05) is 35.9 Å². The van der Waals surface area contributed by atoms with Crippen LogP contribution in [0.2, 0.25) is 5.02 Å². The van der Waals surface area contributed by atoms with E-state index in [-0.39, 0.29) is 5.91 Å². The van der Waals surface area contributed by atoms with Gasteiger partial charge in [-0.15, -0.1) is 0 Å². The molecule has 0 bridgehead atoms. The third kappa shape index (κ3) is 5.14.